The van der Waals surface area contributed by atoms with E-state index in [4.69, 9.17) is 0 Å². The largest absolute Gasteiger partial charge is 0.412 e. The molecule has 0 bridgehead atoms. The molecule has 0 aliphatic carbocycles. The van der Waals surface area contributed by atoms with Gasteiger partial charge in [0.25, 0.3) is 0 Å². The zero-order valence-corrected chi connectivity index (χ0v) is 6.81. The molecule has 1 heteroatoms. The Balaban J connectivity index is -0.0000000720. The maximum atomic E-state index is 2.00. The second-order valence-corrected chi connectivity index (χ2v) is 1.33. The molecule has 0 fully saturated rings. The molecule has 0 aliphatic rings. The Hall–Kier alpha value is -0.560. The highest BCUT2D eigenvalue weighted by Crippen LogP contribution is 1.57. The first-order chi connectivity index (χ1) is 3.83. The van der Waals surface area contributed by atoms with Crippen molar-refractivity contribution in [1.82, 2.24) is 0 Å². The SMILES string of the molecule is CC=CC.CC=CC.O. The van der Waals surface area contributed by atoms with Gasteiger partial charge in [-0.2, -0.15) is 0 Å². The van der Waals surface area contributed by atoms with Crippen LogP contribution in [0, 0.1) is 0 Å². The van der Waals surface area contributed by atoms with Crippen molar-refractivity contribution >= 4 is 0 Å². The molecule has 2 N–H and O–H groups in total. The van der Waals surface area contributed by atoms with Gasteiger partial charge >= 0.3 is 0 Å². The minimum Gasteiger partial charge on any atom is -0.412 e. The number of hydrogen-bond donors (Lipinski definition) is 0. The van der Waals surface area contributed by atoms with Gasteiger partial charge < -0.3 is 5.48 Å². The smallest absolute Gasteiger partial charge is 0.0470 e. The molecule has 0 radical (unpaired) electrons. The Kier molecular flexibility index (Phi) is 45.7. The topological polar surface area (TPSA) is 31.5 Å². The molecule has 0 unspecified atom stereocenters. The fourth-order valence-electron chi connectivity index (χ4n) is 0. The monoisotopic (exact) mass is 130 g/mol. The van der Waals surface area contributed by atoms with Gasteiger partial charge in [0.05, 0.1) is 0 Å². The molecule has 0 atom stereocenters. The van der Waals surface area contributed by atoms with Crippen LogP contribution in [0.1, 0.15) is 27.7 Å². The quantitative estimate of drug-likeness (QED) is 0.451. The third-order valence-electron chi connectivity index (χ3n) is 0.667. The molecular weight excluding hydrogens is 112 g/mol. The lowest BCUT2D eigenvalue weighted by Gasteiger charge is -1.49. The van der Waals surface area contributed by atoms with Crippen LogP contribution < -0.4 is 0 Å². The van der Waals surface area contributed by atoms with E-state index in [1.807, 2.05) is 52.0 Å². The second kappa shape index (κ2) is 26.1. The van der Waals surface area contributed by atoms with Gasteiger partial charge in [-0.1, -0.05) is 24.3 Å². The van der Waals surface area contributed by atoms with E-state index in [0.717, 1.165) is 0 Å². The van der Waals surface area contributed by atoms with E-state index >= 15 is 0 Å². The van der Waals surface area contributed by atoms with E-state index < -0.39 is 0 Å². The Morgan fingerprint density at radius 1 is 0.556 bits per heavy atom. The Morgan fingerprint density at radius 2 is 0.667 bits per heavy atom. The molecule has 0 saturated carbocycles. The molecule has 0 amide bonds. The lowest BCUT2D eigenvalue weighted by molar-refractivity contribution is 0.824. The van der Waals surface area contributed by atoms with Gasteiger partial charge in [0.15, 0.2) is 0 Å². The summed E-state index contributed by atoms with van der Waals surface area (Å²) in [7, 11) is 0. The summed E-state index contributed by atoms with van der Waals surface area (Å²) in [6.07, 6.45) is 8.00. The van der Waals surface area contributed by atoms with E-state index in [-0.39, 0.29) is 5.48 Å². The predicted molar refractivity (Wildman–Crippen MR) is 44.6 cm³/mol. The number of hydrogen-bond acceptors (Lipinski definition) is 0. The first kappa shape index (κ1) is 15.8. The zero-order valence-electron chi connectivity index (χ0n) is 6.81. The van der Waals surface area contributed by atoms with E-state index in [2.05, 4.69) is 0 Å². The van der Waals surface area contributed by atoms with Gasteiger partial charge in [0.2, 0.25) is 0 Å². The van der Waals surface area contributed by atoms with Crippen LogP contribution in [0.5, 0.6) is 0 Å². The van der Waals surface area contributed by atoms with Crippen LogP contribution in [0.4, 0.5) is 0 Å². The van der Waals surface area contributed by atoms with Crippen molar-refractivity contribution in [3.8, 4) is 0 Å². The second-order valence-electron chi connectivity index (χ2n) is 1.33. The highest BCUT2D eigenvalue weighted by Gasteiger charge is 1.34. The van der Waals surface area contributed by atoms with Gasteiger partial charge in [0, 0.05) is 0 Å². The van der Waals surface area contributed by atoms with Gasteiger partial charge in [-0.05, 0) is 27.7 Å². The Labute approximate surface area is 58.4 Å². The van der Waals surface area contributed by atoms with Crippen LogP contribution in [0.15, 0.2) is 24.3 Å². The molecule has 0 spiro atoms. The first-order valence-electron chi connectivity index (χ1n) is 2.98. The molecule has 0 aliphatic heterocycles. The van der Waals surface area contributed by atoms with Crippen molar-refractivity contribution in [1.29, 1.82) is 0 Å². The number of rotatable bonds is 0. The van der Waals surface area contributed by atoms with Crippen LogP contribution in [0.25, 0.3) is 0 Å². The van der Waals surface area contributed by atoms with Crippen molar-refractivity contribution in [3.63, 3.8) is 0 Å². The third kappa shape index (κ3) is 106. The summed E-state index contributed by atoms with van der Waals surface area (Å²) >= 11 is 0. The van der Waals surface area contributed by atoms with Crippen molar-refractivity contribution < 1.29 is 5.48 Å². The number of allylic oxidation sites excluding steroid dienone is 4. The molecule has 0 saturated heterocycles. The molecule has 1 nitrogen and oxygen atoms in total. The molecule has 0 aromatic heterocycles. The summed E-state index contributed by atoms with van der Waals surface area (Å²) in [4.78, 5) is 0. The standard InChI is InChI=1S/2C4H8.H2O/c2*1-3-4-2;/h2*3-4H,1-2H3;1H2. The average Bonchev–Trinajstić information content (AvgIpc) is 1.88. The Morgan fingerprint density at radius 3 is 0.667 bits per heavy atom. The summed E-state index contributed by atoms with van der Waals surface area (Å²) in [5.41, 5.74) is 0. The van der Waals surface area contributed by atoms with Gasteiger partial charge in [-0.25, -0.2) is 0 Å². The maximum Gasteiger partial charge on any atom is -0.0470 e. The van der Waals surface area contributed by atoms with E-state index in [1.165, 1.54) is 0 Å². The van der Waals surface area contributed by atoms with Gasteiger partial charge in [-0.15, -0.1) is 0 Å². The summed E-state index contributed by atoms with van der Waals surface area (Å²) in [6, 6.07) is 0. The van der Waals surface area contributed by atoms with Crippen LogP contribution in [0.2, 0.25) is 0 Å². The highest BCUT2D eigenvalue weighted by molar-refractivity contribution is 4.68. The van der Waals surface area contributed by atoms with Gasteiger partial charge in [-0.3, -0.25) is 0 Å². The minimum absolute atomic E-state index is 0. The fourth-order valence-corrected chi connectivity index (χ4v) is 0. The highest BCUT2D eigenvalue weighted by atomic mass is 16.0. The Bertz CT molecular complexity index is 45.0. The molecule has 0 rings (SSSR count). The normalized spacial score (nSPS) is 8.44. The molecule has 56 valence electrons. The van der Waals surface area contributed by atoms with Crippen LogP contribution in [-0.2, 0) is 0 Å². The third-order valence-corrected chi connectivity index (χ3v) is 0.667. The summed E-state index contributed by atoms with van der Waals surface area (Å²) in [5, 5.41) is 0. The minimum atomic E-state index is 0. The zero-order chi connectivity index (χ0) is 6.83. The van der Waals surface area contributed by atoms with Crippen molar-refractivity contribution in [2.45, 2.75) is 27.7 Å². The fraction of sp³-hybridized carbons (Fsp3) is 0.500. The van der Waals surface area contributed by atoms with E-state index in [1.54, 1.807) is 0 Å². The van der Waals surface area contributed by atoms with E-state index in [0.29, 0.717) is 0 Å². The average molecular weight is 130 g/mol. The molecule has 0 heterocycles. The molecule has 9 heavy (non-hydrogen) atoms. The van der Waals surface area contributed by atoms with Crippen molar-refractivity contribution in [2.75, 3.05) is 0 Å². The molecule has 0 aromatic carbocycles. The molecule has 0 aromatic rings. The van der Waals surface area contributed by atoms with Crippen LogP contribution in [-0.4, -0.2) is 5.48 Å². The first-order valence-corrected chi connectivity index (χ1v) is 2.98. The lowest BCUT2D eigenvalue weighted by atomic mass is 10.6. The molecular formula is C8H18O. The van der Waals surface area contributed by atoms with Gasteiger partial charge in [0.1, 0.15) is 0 Å². The summed E-state index contributed by atoms with van der Waals surface area (Å²) < 4.78 is 0. The van der Waals surface area contributed by atoms with Crippen molar-refractivity contribution in [3.05, 3.63) is 24.3 Å². The van der Waals surface area contributed by atoms with Crippen LogP contribution in [0.3, 0.4) is 0 Å². The van der Waals surface area contributed by atoms with Crippen molar-refractivity contribution in [2.24, 2.45) is 0 Å². The predicted octanol–water partition coefficient (Wildman–Crippen LogP) is 2.34. The van der Waals surface area contributed by atoms with Crippen LogP contribution >= 0.6 is 0 Å². The summed E-state index contributed by atoms with van der Waals surface area (Å²) in [5.74, 6) is 0. The van der Waals surface area contributed by atoms with E-state index in [9.17, 15) is 0 Å². The lowest BCUT2D eigenvalue weighted by Crippen LogP contribution is -1.26. The maximum absolute atomic E-state index is 2.00. The summed E-state index contributed by atoms with van der Waals surface area (Å²) in [6.45, 7) is 8.00.